The number of hydrogen-bond acceptors (Lipinski definition) is 9. The number of nitrogens with one attached hydrogen (secondary N) is 2. The number of aromatic amines is 1. The summed E-state index contributed by atoms with van der Waals surface area (Å²) in [6.45, 7) is 2.37. The molecule has 3 heterocycles. The number of ether oxygens (including phenoxy) is 3. The summed E-state index contributed by atoms with van der Waals surface area (Å²) in [5.74, 6) is 1.50. The summed E-state index contributed by atoms with van der Waals surface area (Å²) in [6, 6.07) is 11.1. The summed E-state index contributed by atoms with van der Waals surface area (Å²) in [5.41, 5.74) is 3.57. The Balaban J connectivity index is 1.40. The van der Waals surface area contributed by atoms with Gasteiger partial charge in [-0.2, -0.15) is 0 Å². The zero-order chi connectivity index (χ0) is 24.5. The molecular weight excluding hydrogens is 462 g/mol. The Kier molecular flexibility index (Phi) is 5.88. The van der Waals surface area contributed by atoms with Gasteiger partial charge in [-0.05, 0) is 66.1 Å². The number of aromatic nitrogens is 6. The number of carbonyl (C=O) groups is 1. The van der Waals surface area contributed by atoms with E-state index in [-0.39, 0.29) is 24.7 Å². The standard InChI is InChI=1S/C25H27N7O4/c1-2-34-25(33)17-5-3-4-6-20(17)32-24(29-30-31-32)23(15-7-10-21-22(11-15)36-14-35-21)28-16-8-9-18-19(12-16)27-13-26-18/h7-13,17,20,23,28H,2-6,14H2,1H3,(H,26,27). The molecule has 36 heavy (non-hydrogen) atoms. The van der Waals surface area contributed by atoms with E-state index in [0.717, 1.165) is 48.0 Å². The molecule has 11 nitrogen and oxygen atoms in total. The zero-order valence-corrected chi connectivity index (χ0v) is 19.9. The molecular formula is C25H27N7O4. The first-order valence-corrected chi connectivity index (χ1v) is 12.2. The van der Waals surface area contributed by atoms with Gasteiger partial charge in [0.15, 0.2) is 17.3 Å². The van der Waals surface area contributed by atoms with Crippen LogP contribution < -0.4 is 14.8 Å². The van der Waals surface area contributed by atoms with Crippen LogP contribution in [0.15, 0.2) is 42.7 Å². The van der Waals surface area contributed by atoms with Gasteiger partial charge in [0.25, 0.3) is 0 Å². The molecule has 3 atom stereocenters. The molecule has 0 saturated heterocycles. The van der Waals surface area contributed by atoms with Crippen LogP contribution in [-0.4, -0.2) is 49.5 Å². The van der Waals surface area contributed by atoms with E-state index in [9.17, 15) is 4.79 Å². The fourth-order valence-electron chi connectivity index (χ4n) is 5.14. The summed E-state index contributed by atoms with van der Waals surface area (Å²) < 4.78 is 18.4. The van der Waals surface area contributed by atoms with Crippen molar-refractivity contribution in [2.24, 2.45) is 5.92 Å². The molecule has 3 unspecified atom stereocenters. The van der Waals surface area contributed by atoms with Crippen LogP contribution in [-0.2, 0) is 9.53 Å². The highest BCUT2D eigenvalue weighted by atomic mass is 16.7. The topological polar surface area (TPSA) is 129 Å². The maximum absolute atomic E-state index is 12.8. The minimum absolute atomic E-state index is 0.184. The summed E-state index contributed by atoms with van der Waals surface area (Å²) in [4.78, 5) is 20.3. The van der Waals surface area contributed by atoms with Crippen LogP contribution in [0.1, 0.15) is 56.1 Å². The Morgan fingerprint density at radius 3 is 3.00 bits per heavy atom. The van der Waals surface area contributed by atoms with Gasteiger partial charge in [0, 0.05) is 5.69 Å². The second-order valence-corrected chi connectivity index (χ2v) is 9.02. The van der Waals surface area contributed by atoms with Crippen molar-refractivity contribution in [2.45, 2.75) is 44.7 Å². The highest BCUT2D eigenvalue weighted by Crippen LogP contribution is 2.39. The molecule has 1 aliphatic carbocycles. The first-order chi connectivity index (χ1) is 17.7. The third-order valence-electron chi connectivity index (χ3n) is 6.87. The molecule has 0 amide bonds. The van der Waals surface area contributed by atoms with Gasteiger partial charge in [-0.1, -0.05) is 18.9 Å². The number of nitrogens with zero attached hydrogens (tertiary/aromatic N) is 5. The van der Waals surface area contributed by atoms with Crippen molar-refractivity contribution in [3.8, 4) is 11.5 Å². The summed E-state index contributed by atoms with van der Waals surface area (Å²) in [5, 5.41) is 16.4. The predicted molar refractivity (Wildman–Crippen MR) is 130 cm³/mol. The summed E-state index contributed by atoms with van der Waals surface area (Å²) >= 11 is 0. The number of fused-ring (bicyclic) bond motifs is 2. The largest absolute Gasteiger partial charge is 0.466 e. The first kappa shape index (κ1) is 22.3. The summed E-state index contributed by atoms with van der Waals surface area (Å²) in [6.07, 6.45) is 5.20. The Hall–Kier alpha value is -4.15. The second kappa shape index (κ2) is 9.48. The number of tetrazole rings is 1. The van der Waals surface area contributed by atoms with E-state index >= 15 is 0 Å². The Morgan fingerprint density at radius 1 is 1.19 bits per heavy atom. The smallest absolute Gasteiger partial charge is 0.311 e. The molecule has 0 bridgehead atoms. The van der Waals surface area contributed by atoms with Crippen LogP contribution in [0, 0.1) is 5.92 Å². The van der Waals surface area contributed by atoms with Gasteiger partial charge < -0.3 is 24.5 Å². The molecule has 0 radical (unpaired) electrons. The predicted octanol–water partition coefficient (Wildman–Crippen LogP) is 3.77. The molecule has 2 aliphatic rings. The minimum atomic E-state index is -0.417. The van der Waals surface area contributed by atoms with Gasteiger partial charge in [0.2, 0.25) is 6.79 Å². The van der Waals surface area contributed by atoms with Crippen molar-refractivity contribution in [3.63, 3.8) is 0 Å². The Labute approximate surface area is 207 Å². The maximum Gasteiger partial charge on any atom is 0.311 e. The van der Waals surface area contributed by atoms with Gasteiger partial charge in [-0.15, -0.1) is 5.10 Å². The van der Waals surface area contributed by atoms with E-state index in [1.165, 1.54) is 0 Å². The van der Waals surface area contributed by atoms with Gasteiger partial charge in [0.1, 0.15) is 6.04 Å². The average molecular weight is 490 g/mol. The number of benzene rings is 2. The molecule has 6 rings (SSSR count). The first-order valence-electron chi connectivity index (χ1n) is 12.2. The molecule has 2 aromatic carbocycles. The molecule has 4 aromatic rings. The average Bonchev–Trinajstić information content (AvgIpc) is 3.67. The van der Waals surface area contributed by atoms with Gasteiger partial charge in [0.05, 0.1) is 35.9 Å². The molecule has 0 spiro atoms. The van der Waals surface area contributed by atoms with Crippen molar-refractivity contribution in [3.05, 3.63) is 54.1 Å². The van der Waals surface area contributed by atoms with Crippen molar-refractivity contribution >= 4 is 22.7 Å². The molecule has 2 aromatic heterocycles. The number of anilines is 1. The van der Waals surface area contributed by atoms with Crippen LogP contribution in [0.4, 0.5) is 5.69 Å². The number of H-pyrrole nitrogens is 1. The fourth-order valence-corrected chi connectivity index (χ4v) is 5.14. The van der Waals surface area contributed by atoms with Crippen LogP contribution in [0.25, 0.3) is 11.0 Å². The van der Waals surface area contributed by atoms with Crippen LogP contribution >= 0.6 is 0 Å². The van der Waals surface area contributed by atoms with Gasteiger partial charge >= 0.3 is 5.97 Å². The zero-order valence-electron chi connectivity index (χ0n) is 19.9. The molecule has 186 valence electrons. The van der Waals surface area contributed by atoms with Gasteiger partial charge in [-0.25, -0.2) is 9.67 Å². The van der Waals surface area contributed by atoms with Crippen molar-refractivity contribution < 1.29 is 19.0 Å². The molecule has 1 saturated carbocycles. The van der Waals surface area contributed by atoms with E-state index < -0.39 is 6.04 Å². The lowest BCUT2D eigenvalue weighted by Crippen LogP contribution is -2.33. The van der Waals surface area contributed by atoms with Crippen LogP contribution in [0.5, 0.6) is 11.5 Å². The third kappa shape index (κ3) is 4.10. The Bertz CT molecular complexity index is 1380. The highest BCUT2D eigenvalue weighted by Gasteiger charge is 2.37. The molecule has 1 fully saturated rings. The number of rotatable bonds is 7. The second-order valence-electron chi connectivity index (χ2n) is 9.02. The quantitative estimate of drug-likeness (QED) is 0.373. The minimum Gasteiger partial charge on any atom is -0.466 e. The van der Waals surface area contributed by atoms with Gasteiger partial charge in [-0.3, -0.25) is 4.79 Å². The number of esters is 1. The molecule has 2 N–H and O–H groups in total. The number of hydrogen-bond donors (Lipinski definition) is 2. The highest BCUT2D eigenvalue weighted by molar-refractivity contribution is 5.79. The van der Waals surface area contributed by atoms with E-state index in [0.29, 0.717) is 23.9 Å². The van der Waals surface area contributed by atoms with Crippen molar-refractivity contribution in [1.29, 1.82) is 0 Å². The van der Waals surface area contributed by atoms with Crippen LogP contribution in [0.2, 0.25) is 0 Å². The number of carbonyl (C=O) groups excluding carboxylic acids is 1. The number of imidazole rings is 1. The van der Waals surface area contributed by atoms with Crippen molar-refractivity contribution in [2.75, 3.05) is 18.7 Å². The third-order valence-corrected chi connectivity index (χ3v) is 6.87. The lowest BCUT2D eigenvalue weighted by Gasteiger charge is -2.31. The normalized spacial score (nSPS) is 19.8. The van der Waals surface area contributed by atoms with E-state index in [1.807, 2.05) is 43.3 Å². The van der Waals surface area contributed by atoms with E-state index in [1.54, 1.807) is 11.0 Å². The van der Waals surface area contributed by atoms with E-state index in [2.05, 4.69) is 30.8 Å². The SMILES string of the molecule is CCOC(=O)C1CCCCC1n1nnnc1C(Nc1ccc2nc[nH]c2c1)c1ccc2c(c1)OCO2. The Morgan fingerprint density at radius 2 is 2.08 bits per heavy atom. The van der Waals surface area contributed by atoms with Crippen LogP contribution in [0.3, 0.4) is 0 Å². The lowest BCUT2D eigenvalue weighted by molar-refractivity contribution is -0.151. The molecule has 1 aliphatic heterocycles. The summed E-state index contributed by atoms with van der Waals surface area (Å²) in [7, 11) is 0. The fraction of sp³-hybridized carbons (Fsp3) is 0.400. The lowest BCUT2D eigenvalue weighted by atomic mass is 9.84. The maximum atomic E-state index is 12.8. The monoisotopic (exact) mass is 489 g/mol. The van der Waals surface area contributed by atoms with Crippen molar-refractivity contribution in [1.82, 2.24) is 30.2 Å². The van der Waals surface area contributed by atoms with E-state index in [4.69, 9.17) is 14.2 Å². The molecule has 11 heteroatoms.